The smallest absolute Gasteiger partial charge is 0.336 e. The highest BCUT2D eigenvalue weighted by atomic mass is 16.5. The van der Waals surface area contributed by atoms with Crippen molar-refractivity contribution < 1.29 is 9.15 Å². The highest BCUT2D eigenvalue weighted by Gasteiger charge is 2.24. The highest BCUT2D eigenvalue weighted by molar-refractivity contribution is 5.95. The Kier molecular flexibility index (Phi) is 4.06. The summed E-state index contributed by atoms with van der Waals surface area (Å²) in [6.45, 7) is 5.64. The van der Waals surface area contributed by atoms with Crippen LogP contribution in [0.2, 0.25) is 0 Å². The van der Waals surface area contributed by atoms with E-state index in [1.807, 2.05) is 42.5 Å². The van der Waals surface area contributed by atoms with Crippen LogP contribution in [-0.2, 0) is 6.54 Å². The Balaban J connectivity index is 1.91. The van der Waals surface area contributed by atoms with E-state index in [2.05, 4.69) is 18.7 Å². The third-order valence-electron chi connectivity index (χ3n) is 5.02. The zero-order chi connectivity index (χ0) is 17.4. The van der Waals surface area contributed by atoms with Crippen molar-refractivity contribution in [2.75, 3.05) is 6.73 Å². The minimum Gasteiger partial charge on any atom is -0.478 e. The second-order valence-corrected chi connectivity index (χ2v) is 6.54. The van der Waals surface area contributed by atoms with E-state index in [-0.39, 0.29) is 5.63 Å². The van der Waals surface area contributed by atoms with E-state index in [9.17, 15) is 4.79 Å². The molecule has 0 fully saturated rings. The molecule has 0 saturated heterocycles. The van der Waals surface area contributed by atoms with Gasteiger partial charge in [-0.15, -0.1) is 0 Å². The van der Waals surface area contributed by atoms with Crippen molar-refractivity contribution in [3.8, 4) is 16.9 Å². The molecule has 0 N–H and O–H groups in total. The number of benzene rings is 2. The SMILES string of the molecule is CC[C@@H](C)N1COc2ccc3c(-c4ccccc4)cc(=O)oc3c2C1. The van der Waals surface area contributed by atoms with Gasteiger partial charge in [0.15, 0.2) is 0 Å². The third-order valence-corrected chi connectivity index (χ3v) is 5.02. The first-order chi connectivity index (χ1) is 12.2. The van der Waals surface area contributed by atoms with Gasteiger partial charge in [0.1, 0.15) is 18.1 Å². The van der Waals surface area contributed by atoms with Gasteiger partial charge in [0.2, 0.25) is 0 Å². The van der Waals surface area contributed by atoms with E-state index in [1.54, 1.807) is 6.07 Å². The Morgan fingerprint density at radius 2 is 1.96 bits per heavy atom. The summed E-state index contributed by atoms with van der Waals surface area (Å²) in [6, 6.07) is 15.9. The van der Waals surface area contributed by atoms with E-state index in [1.165, 1.54) is 0 Å². The van der Waals surface area contributed by atoms with Crippen LogP contribution >= 0.6 is 0 Å². The number of fused-ring (bicyclic) bond motifs is 3. The van der Waals surface area contributed by atoms with Crippen LogP contribution < -0.4 is 10.4 Å². The lowest BCUT2D eigenvalue weighted by molar-refractivity contribution is 0.0610. The van der Waals surface area contributed by atoms with Crippen molar-refractivity contribution in [1.82, 2.24) is 4.90 Å². The Labute approximate surface area is 146 Å². The molecule has 0 saturated carbocycles. The maximum absolute atomic E-state index is 12.2. The van der Waals surface area contributed by atoms with Gasteiger partial charge in [0, 0.05) is 24.0 Å². The van der Waals surface area contributed by atoms with Crippen LogP contribution in [0.3, 0.4) is 0 Å². The first kappa shape index (κ1) is 15.9. The molecule has 25 heavy (non-hydrogen) atoms. The molecule has 0 radical (unpaired) electrons. The zero-order valence-corrected chi connectivity index (χ0v) is 14.5. The molecule has 128 valence electrons. The van der Waals surface area contributed by atoms with Crippen molar-refractivity contribution in [3.63, 3.8) is 0 Å². The Morgan fingerprint density at radius 1 is 1.16 bits per heavy atom. The van der Waals surface area contributed by atoms with Crippen LogP contribution in [0.15, 0.2) is 57.7 Å². The summed E-state index contributed by atoms with van der Waals surface area (Å²) in [4.78, 5) is 14.5. The Hall–Kier alpha value is -2.59. The Bertz CT molecular complexity index is 962. The normalized spacial score (nSPS) is 15.6. The second kappa shape index (κ2) is 6.37. The van der Waals surface area contributed by atoms with Crippen molar-refractivity contribution >= 4 is 11.0 Å². The molecule has 2 heterocycles. The lowest BCUT2D eigenvalue weighted by Crippen LogP contribution is -2.38. The molecule has 1 aromatic heterocycles. The molecule has 4 rings (SSSR count). The average molecular weight is 335 g/mol. The number of hydrogen-bond acceptors (Lipinski definition) is 4. The standard InChI is InChI=1S/C21H21NO3/c1-3-14(2)22-12-18-19(24-13-22)10-9-16-17(11-20(23)25-21(16)18)15-7-5-4-6-8-15/h4-11,14H,3,12-13H2,1-2H3/t14-/m1/s1. The first-order valence-electron chi connectivity index (χ1n) is 8.69. The van der Waals surface area contributed by atoms with Crippen LogP contribution in [0.25, 0.3) is 22.1 Å². The largest absolute Gasteiger partial charge is 0.478 e. The van der Waals surface area contributed by atoms with Crippen LogP contribution in [0, 0.1) is 0 Å². The Morgan fingerprint density at radius 3 is 2.72 bits per heavy atom. The molecule has 4 nitrogen and oxygen atoms in total. The predicted octanol–water partition coefficient (Wildman–Crippen LogP) is 4.41. The molecule has 4 heteroatoms. The summed E-state index contributed by atoms with van der Waals surface area (Å²) in [5.41, 5.74) is 3.17. The van der Waals surface area contributed by atoms with Gasteiger partial charge in [-0.05, 0) is 36.6 Å². The fraction of sp³-hybridized carbons (Fsp3) is 0.286. The molecule has 2 aromatic carbocycles. The van der Waals surface area contributed by atoms with Gasteiger partial charge in [0.25, 0.3) is 0 Å². The minimum atomic E-state index is -0.333. The van der Waals surface area contributed by atoms with Gasteiger partial charge in [-0.1, -0.05) is 37.3 Å². The molecule has 0 bridgehead atoms. The number of ether oxygens (including phenoxy) is 1. The fourth-order valence-electron chi connectivity index (χ4n) is 3.35. The van der Waals surface area contributed by atoms with E-state index in [4.69, 9.17) is 9.15 Å². The highest BCUT2D eigenvalue weighted by Crippen LogP contribution is 2.36. The lowest BCUT2D eigenvalue weighted by atomic mass is 9.99. The monoisotopic (exact) mass is 335 g/mol. The molecular formula is C21H21NO3. The molecule has 3 aromatic rings. The zero-order valence-electron chi connectivity index (χ0n) is 14.5. The molecule has 1 aliphatic rings. The van der Waals surface area contributed by atoms with Crippen molar-refractivity contribution in [3.05, 3.63) is 64.5 Å². The molecule has 0 spiro atoms. The number of nitrogens with zero attached hydrogens (tertiary/aromatic N) is 1. The summed E-state index contributed by atoms with van der Waals surface area (Å²) >= 11 is 0. The molecule has 1 atom stereocenters. The van der Waals surface area contributed by atoms with Crippen molar-refractivity contribution in [2.45, 2.75) is 32.9 Å². The van der Waals surface area contributed by atoms with E-state index in [0.717, 1.165) is 40.8 Å². The first-order valence-corrected chi connectivity index (χ1v) is 8.69. The molecular weight excluding hydrogens is 314 g/mol. The van der Waals surface area contributed by atoms with Crippen LogP contribution in [-0.4, -0.2) is 17.7 Å². The minimum absolute atomic E-state index is 0.333. The summed E-state index contributed by atoms with van der Waals surface area (Å²) in [6.07, 6.45) is 1.04. The second-order valence-electron chi connectivity index (χ2n) is 6.54. The quantitative estimate of drug-likeness (QED) is 0.665. The number of hydrogen-bond donors (Lipinski definition) is 0. The average Bonchev–Trinajstić information content (AvgIpc) is 2.67. The van der Waals surface area contributed by atoms with Gasteiger partial charge in [-0.25, -0.2) is 4.79 Å². The molecule has 0 amide bonds. The van der Waals surface area contributed by atoms with Gasteiger partial charge in [-0.3, -0.25) is 4.90 Å². The maximum atomic E-state index is 12.2. The third kappa shape index (κ3) is 2.83. The maximum Gasteiger partial charge on any atom is 0.336 e. The predicted molar refractivity (Wildman–Crippen MR) is 98.7 cm³/mol. The summed E-state index contributed by atoms with van der Waals surface area (Å²) < 4.78 is 11.5. The van der Waals surface area contributed by atoms with Gasteiger partial charge >= 0.3 is 5.63 Å². The fourth-order valence-corrected chi connectivity index (χ4v) is 3.35. The van der Waals surface area contributed by atoms with Gasteiger partial charge in [-0.2, -0.15) is 0 Å². The van der Waals surface area contributed by atoms with E-state index in [0.29, 0.717) is 18.4 Å². The topological polar surface area (TPSA) is 42.7 Å². The molecule has 0 aliphatic carbocycles. The summed E-state index contributed by atoms with van der Waals surface area (Å²) in [7, 11) is 0. The van der Waals surface area contributed by atoms with Gasteiger partial charge in [0.05, 0.1) is 5.56 Å². The number of rotatable bonds is 3. The lowest BCUT2D eigenvalue weighted by Gasteiger charge is -2.33. The van der Waals surface area contributed by atoms with Crippen LogP contribution in [0.4, 0.5) is 0 Å². The van der Waals surface area contributed by atoms with Gasteiger partial charge < -0.3 is 9.15 Å². The van der Waals surface area contributed by atoms with Crippen molar-refractivity contribution in [1.29, 1.82) is 0 Å². The van der Waals surface area contributed by atoms with E-state index < -0.39 is 0 Å². The van der Waals surface area contributed by atoms with E-state index >= 15 is 0 Å². The molecule has 1 aliphatic heterocycles. The molecule has 0 unspecified atom stereocenters. The summed E-state index contributed by atoms with van der Waals surface area (Å²) in [5, 5.41) is 0.944. The van der Waals surface area contributed by atoms with Crippen molar-refractivity contribution in [2.24, 2.45) is 0 Å². The van der Waals surface area contributed by atoms with Crippen LogP contribution in [0.1, 0.15) is 25.8 Å². The van der Waals surface area contributed by atoms with Crippen LogP contribution in [0.5, 0.6) is 5.75 Å². The summed E-state index contributed by atoms with van der Waals surface area (Å²) in [5.74, 6) is 0.806.